The summed E-state index contributed by atoms with van der Waals surface area (Å²) in [5, 5.41) is 1.78. The van der Waals surface area contributed by atoms with Crippen LogP contribution in [0.3, 0.4) is 0 Å². The van der Waals surface area contributed by atoms with Crippen LogP contribution in [0.1, 0.15) is 18.4 Å². The Balaban J connectivity index is 1.67. The second kappa shape index (κ2) is 5.19. The van der Waals surface area contributed by atoms with Crippen molar-refractivity contribution >= 4 is 8.07 Å². The molecular weight excluding hydrogens is 224 g/mol. The van der Waals surface area contributed by atoms with E-state index in [9.17, 15) is 0 Å². The second-order valence-electron chi connectivity index (χ2n) is 5.80. The highest BCUT2D eigenvalue weighted by Gasteiger charge is 2.32. The van der Waals surface area contributed by atoms with Crippen LogP contribution in [0, 0.1) is 0 Å². The molecule has 0 saturated heterocycles. The largest absolute Gasteiger partial charge is 0.376 e. The Kier molecular flexibility index (Phi) is 3.85. The van der Waals surface area contributed by atoms with Crippen LogP contribution >= 0.6 is 0 Å². The Labute approximate surface area is 106 Å². The third-order valence-corrected chi connectivity index (χ3v) is 5.60. The Morgan fingerprint density at radius 2 is 1.82 bits per heavy atom. The molecule has 0 spiro atoms. The summed E-state index contributed by atoms with van der Waals surface area (Å²) in [6.45, 7) is 8.91. The van der Waals surface area contributed by atoms with Gasteiger partial charge in [0.2, 0.25) is 0 Å². The molecule has 0 N–H and O–H groups in total. The number of ether oxygens (including phenoxy) is 1. The summed E-state index contributed by atoms with van der Waals surface area (Å²) in [5.41, 5.74) is 2.94. The fourth-order valence-electron chi connectivity index (χ4n) is 2.16. The second-order valence-corrected chi connectivity index (χ2v) is 10.9. The molecule has 0 aromatic heterocycles. The summed E-state index contributed by atoms with van der Waals surface area (Å²) in [6, 6.07) is 10.4. The fourth-order valence-corrected chi connectivity index (χ4v) is 4.09. The summed E-state index contributed by atoms with van der Waals surface area (Å²) < 4.78 is 5.71. The summed E-state index contributed by atoms with van der Waals surface area (Å²) in [7, 11) is -0.987. The molecule has 0 radical (unpaired) electrons. The summed E-state index contributed by atoms with van der Waals surface area (Å²) in [4.78, 5) is 0. The maximum Gasteiger partial charge on any atom is 0.0728 e. The van der Waals surface area contributed by atoms with Crippen LogP contribution in [0.25, 0.3) is 0 Å². The highest BCUT2D eigenvalue weighted by molar-refractivity contribution is 6.84. The van der Waals surface area contributed by atoms with Gasteiger partial charge in [0.15, 0.2) is 0 Å². The number of benzene rings is 1. The topological polar surface area (TPSA) is 9.23 Å². The monoisotopic (exact) mass is 246 g/mol. The zero-order chi connectivity index (χ0) is 12.3. The predicted molar refractivity (Wildman–Crippen MR) is 75.7 cm³/mol. The fraction of sp³-hybridized carbons (Fsp3) is 0.467. The van der Waals surface area contributed by atoms with E-state index in [4.69, 9.17) is 4.74 Å². The minimum absolute atomic E-state index is 0.746. The maximum absolute atomic E-state index is 5.71. The van der Waals surface area contributed by atoms with E-state index >= 15 is 0 Å². The molecule has 0 aliphatic heterocycles. The van der Waals surface area contributed by atoms with Gasteiger partial charge in [-0.05, 0) is 18.4 Å². The molecule has 1 aliphatic rings. The van der Waals surface area contributed by atoms with Crippen LogP contribution in [0.4, 0.5) is 0 Å². The van der Waals surface area contributed by atoms with Gasteiger partial charge in [0.25, 0.3) is 0 Å². The molecule has 0 amide bonds. The van der Waals surface area contributed by atoms with Crippen molar-refractivity contribution in [3.05, 3.63) is 46.7 Å². The molecule has 0 unspecified atom stereocenters. The van der Waals surface area contributed by atoms with E-state index < -0.39 is 8.07 Å². The van der Waals surface area contributed by atoms with Gasteiger partial charge >= 0.3 is 0 Å². The van der Waals surface area contributed by atoms with Crippen LogP contribution in [0.2, 0.25) is 19.6 Å². The zero-order valence-corrected chi connectivity index (χ0v) is 12.1. The lowest BCUT2D eigenvalue weighted by Gasteiger charge is -2.09. The van der Waals surface area contributed by atoms with Gasteiger partial charge in [0, 0.05) is 0 Å². The molecule has 0 saturated carbocycles. The van der Waals surface area contributed by atoms with Crippen LogP contribution in [-0.2, 0) is 11.3 Å². The highest BCUT2D eigenvalue weighted by atomic mass is 28.3. The van der Waals surface area contributed by atoms with E-state index in [0.29, 0.717) is 0 Å². The van der Waals surface area contributed by atoms with Crippen LogP contribution in [-0.4, -0.2) is 14.7 Å². The molecule has 2 rings (SSSR count). The van der Waals surface area contributed by atoms with Crippen molar-refractivity contribution in [3.63, 3.8) is 0 Å². The molecule has 1 aromatic carbocycles. The Morgan fingerprint density at radius 1 is 1.12 bits per heavy atom. The van der Waals surface area contributed by atoms with E-state index in [1.54, 1.807) is 10.8 Å². The predicted octanol–water partition coefficient (Wildman–Crippen LogP) is 4.17. The number of allylic oxidation sites excluding steroid dienone is 1. The molecule has 0 heterocycles. The van der Waals surface area contributed by atoms with Crippen LogP contribution in [0.15, 0.2) is 41.1 Å². The first-order chi connectivity index (χ1) is 8.07. The van der Waals surface area contributed by atoms with Gasteiger partial charge in [-0.1, -0.05) is 60.7 Å². The third kappa shape index (κ3) is 3.82. The number of hydrogen-bond donors (Lipinski definition) is 0. The molecule has 1 nitrogen and oxygen atoms in total. The molecule has 17 heavy (non-hydrogen) atoms. The molecule has 0 bridgehead atoms. The van der Waals surface area contributed by atoms with Crippen molar-refractivity contribution in [2.75, 3.05) is 6.61 Å². The zero-order valence-electron chi connectivity index (χ0n) is 11.1. The normalized spacial score (nSPS) is 15.2. The Hall–Kier alpha value is -0.863. The lowest BCUT2D eigenvalue weighted by atomic mass is 10.2. The van der Waals surface area contributed by atoms with Crippen molar-refractivity contribution in [1.82, 2.24) is 0 Å². The molecule has 2 heteroatoms. The summed E-state index contributed by atoms with van der Waals surface area (Å²) in [5.74, 6) is 0. The third-order valence-electron chi connectivity index (χ3n) is 3.26. The Morgan fingerprint density at radius 3 is 2.41 bits per heavy atom. The van der Waals surface area contributed by atoms with Crippen molar-refractivity contribution < 1.29 is 4.74 Å². The van der Waals surface area contributed by atoms with Gasteiger partial charge in [-0.15, -0.1) is 0 Å². The highest BCUT2D eigenvalue weighted by Crippen LogP contribution is 2.40. The first kappa shape index (κ1) is 12.6. The summed E-state index contributed by atoms with van der Waals surface area (Å²) >= 11 is 0. The van der Waals surface area contributed by atoms with E-state index in [1.165, 1.54) is 12.0 Å². The SMILES string of the molecule is C[Si](C)(C)C1=C(CCOCc2ccccc2)C1. The van der Waals surface area contributed by atoms with Gasteiger partial charge in [0.1, 0.15) is 0 Å². The number of hydrogen-bond acceptors (Lipinski definition) is 1. The van der Waals surface area contributed by atoms with Crippen molar-refractivity contribution in [2.45, 2.75) is 39.1 Å². The maximum atomic E-state index is 5.71. The van der Waals surface area contributed by atoms with Gasteiger partial charge < -0.3 is 4.74 Å². The van der Waals surface area contributed by atoms with Gasteiger partial charge in [0.05, 0.1) is 21.3 Å². The smallest absolute Gasteiger partial charge is 0.0728 e. The molecule has 0 atom stereocenters. The van der Waals surface area contributed by atoms with Crippen molar-refractivity contribution in [1.29, 1.82) is 0 Å². The Bertz CT molecular complexity index is 401. The molecule has 92 valence electrons. The van der Waals surface area contributed by atoms with E-state index in [1.807, 2.05) is 6.07 Å². The molecule has 1 aromatic rings. The average Bonchev–Trinajstić information content (AvgIpc) is 3.05. The van der Waals surface area contributed by atoms with Crippen molar-refractivity contribution in [2.24, 2.45) is 0 Å². The van der Waals surface area contributed by atoms with Crippen LogP contribution < -0.4 is 0 Å². The quantitative estimate of drug-likeness (QED) is 0.541. The minimum atomic E-state index is -0.987. The molecular formula is C15H22OSi. The van der Waals surface area contributed by atoms with E-state index in [2.05, 4.69) is 43.9 Å². The van der Waals surface area contributed by atoms with Crippen molar-refractivity contribution in [3.8, 4) is 0 Å². The minimum Gasteiger partial charge on any atom is -0.376 e. The lowest BCUT2D eigenvalue weighted by Crippen LogP contribution is -2.18. The van der Waals surface area contributed by atoms with Crippen LogP contribution in [0.5, 0.6) is 0 Å². The standard InChI is InChI=1S/C15H22OSi/c1-17(2,3)15-11-14(15)9-10-16-12-13-7-5-4-6-8-13/h4-8H,9-12H2,1-3H3. The van der Waals surface area contributed by atoms with Gasteiger partial charge in [-0.2, -0.15) is 0 Å². The molecule has 1 aliphatic carbocycles. The first-order valence-electron chi connectivity index (χ1n) is 6.40. The molecule has 0 fully saturated rings. The van der Waals surface area contributed by atoms with E-state index in [0.717, 1.165) is 19.6 Å². The number of rotatable bonds is 6. The lowest BCUT2D eigenvalue weighted by molar-refractivity contribution is 0.124. The van der Waals surface area contributed by atoms with E-state index in [-0.39, 0.29) is 0 Å². The van der Waals surface area contributed by atoms with Gasteiger partial charge in [-0.25, -0.2) is 0 Å². The first-order valence-corrected chi connectivity index (χ1v) is 9.90. The average molecular weight is 246 g/mol. The summed E-state index contributed by atoms with van der Waals surface area (Å²) in [6.07, 6.45) is 2.44. The van der Waals surface area contributed by atoms with Gasteiger partial charge in [-0.3, -0.25) is 0 Å².